The molecule has 1 heterocycles. The van der Waals surface area contributed by atoms with E-state index in [9.17, 15) is 0 Å². The van der Waals surface area contributed by atoms with E-state index in [1.807, 2.05) is 0 Å². The van der Waals surface area contributed by atoms with Gasteiger partial charge in [-0.15, -0.1) is 0 Å². The summed E-state index contributed by atoms with van der Waals surface area (Å²) in [7, 11) is 0. The number of hydrogen-bond donors (Lipinski definition) is 1. The van der Waals surface area contributed by atoms with Crippen molar-refractivity contribution in [1.82, 2.24) is 5.32 Å². The SMILES string of the molecule is CCCCNC1CCOC(CC)(CC)C1. The third-order valence-electron chi connectivity index (χ3n) is 3.74. The van der Waals surface area contributed by atoms with Crippen LogP contribution in [-0.2, 0) is 4.74 Å². The first-order valence-electron chi connectivity index (χ1n) is 6.63. The molecule has 1 aliphatic rings. The van der Waals surface area contributed by atoms with E-state index >= 15 is 0 Å². The molecule has 15 heavy (non-hydrogen) atoms. The second-order valence-electron chi connectivity index (χ2n) is 4.74. The molecule has 0 aromatic rings. The van der Waals surface area contributed by atoms with Gasteiger partial charge in [-0.05, 0) is 38.6 Å². The summed E-state index contributed by atoms with van der Waals surface area (Å²) >= 11 is 0. The van der Waals surface area contributed by atoms with Gasteiger partial charge in [0.25, 0.3) is 0 Å². The lowest BCUT2D eigenvalue weighted by Crippen LogP contribution is -2.46. The van der Waals surface area contributed by atoms with Crippen LogP contribution in [0.15, 0.2) is 0 Å². The summed E-state index contributed by atoms with van der Waals surface area (Å²) in [5.74, 6) is 0. The van der Waals surface area contributed by atoms with Crippen LogP contribution in [0.5, 0.6) is 0 Å². The topological polar surface area (TPSA) is 21.3 Å². The molecule has 0 spiro atoms. The van der Waals surface area contributed by atoms with Gasteiger partial charge in [0, 0.05) is 12.6 Å². The van der Waals surface area contributed by atoms with Gasteiger partial charge in [0.2, 0.25) is 0 Å². The first kappa shape index (κ1) is 13.0. The number of rotatable bonds is 6. The molecule has 1 unspecified atom stereocenters. The van der Waals surface area contributed by atoms with Crippen molar-refractivity contribution in [1.29, 1.82) is 0 Å². The number of nitrogens with one attached hydrogen (secondary N) is 1. The predicted molar refractivity (Wildman–Crippen MR) is 65.2 cm³/mol. The molecule has 2 nitrogen and oxygen atoms in total. The van der Waals surface area contributed by atoms with Crippen molar-refractivity contribution >= 4 is 0 Å². The van der Waals surface area contributed by atoms with E-state index in [1.165, 1.54) is 32.2 Å². The van der Waals surface area contributed by atoms with Gasteiger partial charge in [-0.25, -0.2) is 0 Å². The fourth-order valence-corrected chi connectivity index (χ4v) is 2.43. The Balaban J connectivity index is 2.34. The van der Waals surface area contributed by atoms with Crippen LogP contribution in [0, 0.1) is 0 Å². The number of unbranched alkanes of at least 4 members (excludes halogenated alkanes) is 1. The van der Waals surface area contributed by atoms with Gasteiger partial charge in [0.05, 0.1) is 5.60 Å². The third-order valence-corrected chi connectivity index (χ3v) is 3.74. The fourth-order valence-electron chi connectivity index (χ4n) is 2.43. The van der Waals surface area contributed by atoms with E-state index in [4.69, 9.17) is 4.74 Å². The molecule has 1 fully saturated rings. The summed E-state index contributed by atoms with van der Waals surface area (Å²) in [6.45, 7) is 8.85. The molecule has 1 rings (SSSR count). The van der Waals surface area contributed by atoms with Crippen LogP contribution in [0.25, 0.3) is 0 Å². The summed E-state index contributed by atoms with van der Waals surface area (Å²) in [6.07, 6.45) is 7.26. The Bertz CT molecular complexity index is 166. The Kier molecular flexibility index (Phi) is 5.62. The van der Waals surface area contributed by atoms with Crippen LogP contribution in [0.4, 0.5) is 0 Å². The zero-order valence-electron chi connectivity index (χ0n) is 10.6. The van der Waals surface area contributed by atoms with E-state index in [1.54, 1.807) is 0 Å². The molecule has 0 saturated carbocycles. The molecular formula is C13H27NO. The highest BCUT2D eigenvalue weighted by atomic mass is 16.5. The van der Waals surface area contributed by atoms with Gasteiger partial charge < -0.3 is 10.1 Å². The molecule has 1 atom stereocenters. The predicted octanol–water partition coefficient (Wildman–Crippen LogP) is 3.11. The number of hydrogen-bond acceptors (Lipinski definition) is 2. The van der Waals surface area contributed by atoms with E-state index < -0.39 is 0 Å². The molecule has 1 aliphatic heterocycles. The monoisotopic (exact) mass is 213 g/mol. The normalized spacial score (nSPS) is 25.4. The van der Waals surface area contributed by atoms with Gasteiger partial charge in [0.1, 0.15) is 0 Å². The van der Waals surface area contributed by atoms with Crippen LogP contribution in [0.1, 0.15) is 59.3 Å². The average molecular weight is 213 g/mol. The van der Waals surface area contributed by atoms with Crippen molar-refractivity contribution < 1.29 is 4.74 Å². The lowest BCUT2D eigenvalue weighted by molar-refractivity contribution is -0.0929. The molecule has 90 valence electrons. The van der Waals surface area contributed by atoms with Gasteiger partial charge in [-0.1, -0.05) is 27.2 Å². The average Bonchev–Trinajstić information content (AvgIpc) is 2.30. The lowest BCUT2D eigenvalue weighted by Gasteiger charge is -2.40. The van der Waals surface area contributed by atoms with E-state index in [0.717, 1.165) is 19.4 Å². The lowest BCUT2D eigenvalue weighted by atomic mass is 9.86. The highest BCUT2D eigenvalue weighted by molar-refractivity contribution is 4.87. The van der Waals surface area contributed by atoms with Crippen molar-refractivity contribution in [2.24, 2.45) is 0 Å². The van der Waals surface area contributed by atoms with Crippen molar-refractivity contribution in [3.8, 4) is 0 Å². The smallest absolute Gasteiger partial charge is 0.0692 e. The first-order chi connectivity index (χ1) is 7.26. The minimum atomic E-state index is 0.169. The molecule has 1 saturated heterocycles. The fraction of sp³-hybridized carbons (Fsp3) is 1.00. The quantitative estimate of drug-likeness (QED) is 0.685. The standard InChI is InChI=1S/C13H27NO/c1-4-7-9-14-12-8-10-15-13(5-2,6-3)11-12/h12,14H,4-11H2,1-3H3. The van der Waals surface area contributed by atoms with Crippen molar-refractivity contribution in [3.05, 3.63) is 0 Å². The Morgan fingerprint density at radius 2 is 2.00 bits per heavy atom. The van der Waals surface area contributed by atoms with E-state index in [-0.39, 0.29) is 5.60 Å². The minimum absolute atomic E-state index is 0.169. The molecular weight excluding hydrogens is 186 g/mol. The summed E-state index contributed by atoms with van der Waals surface area (Å²) in [5.41, 5.74) is 0.169. The third kappa shape index (κ3) is 3.76. The molecule has 0 bridgehead atoms. The summed E-state index contributed by atoms with van der Waals surface area (Å²) < 4.78 is 5.96. The maximum atomic E-state index is 5.96. The Labute approximate surface area is 94.8 Å². The Morgan fingerprint density at radius 3 is 2.60 bits per heavy atom. The zero-order valence-corrected chi connectivity index (χ0v) is 10.6. The first-order valence-corrected chi connectivity index (χ1v) is 6.63. The summed E-state index contributed by atoms with van der Waals surface area (Å²) in [5, 5.41) is 3.67. The Hall–Kier alpha value is -0.0800. The molecule has 0 amide bonds. The maximum Gasteiger partial charge on any atom is 0.0692 e. The van der Waals surface area contributed by atoms with Crippen LogP contribution >= 0.6 is 0 Å². The van der Waals surface area contributed by atoms with Crippen LogP contribution in [0.3, 0.4) is 0 Å². The molecule has 0 aromatic heterocycles. The summed E-state index contributed by atoms with van der Waals surface area (Å²) in [6, 6.07) is 0.685. The second-order valence-corrected chi connectivity index (χ2v) is 4.74. The van der Waals surface area contributed by atoms with E-state index in [2.05, 4.69) is 26.1 Å². The zero-order chi connectivity index (χ0) is 11.1. The van der Waals surface area contributed by atoms with Crippen LogP contribution < -0.4 is 5.32 Å². The maximum absolute atomic E-state index is 5.96. The van der Waals surface area contributed by atoms with Gasteiger partial charge in [0.15, 0.2) is 0 Å². The van der Waals surface area contributed by atoms with E-state index in [0.29, 0.717) is 6.04 Å². The van der Waals surface area contributed by atoms with Crippen LogP contribution in [0.2, 0.25) is 0 Å². The van der Waals surface area contributed by atoms with Crippen molar-refractivity contribution in [3.63, 3.8) is 0 Å². The van der Waals surface area contributed by atoms with Gasteiger partial charge in [-0.3, -0.25) is 0 Å². The Morgan fingerprint density at radius 1 is 1.27 bits per heavy atom. The van der Waals surface area contributed by atoms with Crippen molar-refractivity contribution in [2.75, 3.05) is 13.2 Å². The molecule has 1 N–H and O–H groups in total. The van der Waals surface area contributed by atoms with Crippen molar-refractivity contribution in [2.45, 2.75) is 70.9 Å². The highest BCUT2D eigenvalue weighted by Gasteiger charge is 2.33. The summed E-state index contributed by atoms with van der Waals surface area (Å²) in [4.78, 5) is 0. The van der Waals surface area contributed by atoms with Crippen LogP contribution in [-0.4, -0.2) is 24.8 Å². The van der Waals surface area contributed by atoms with Gasteiger partial charge in [-0.2, -0.15) is 0 Å². The largest absolute Gasteiger partial charge is 0.375 e. The molecule has 2 heteroatoms. The number of ether oxygens (including phenoxy) is 1. The minimum Gasteiger partial charge on any atom is -0.375 e. The molecule has 0 radical (unpaired) electrons. The highest BCUT2D eigenvalue weighted by Crippen LogP contribution is 2.31. The second kappa shape index (κ2) is 6.49. The molecule has 0 aliphatic carbocycles. The van der Waals surface area contributed by atoms with Gasteiger partial charge >= 0.3 is 0 Å². The molecule has 0 aromatic carbocycles.